The Hall–Kier alpha value is -2.80. The van der Waals surface area contributed by atoms with Gasteiger partial charge < -0.3 is 10.1 Å². The molecular formula is C17H17N3O4. The van der Waals surface area contributed by atoms with Crippen molar-refractivity contribution >= 4 is 17.4 Å². The fourth-order valence-corrected chi connectivity index (χ4v) is 2.82. The van der Waals surface area contributed by atoms with Crippen molar-refractivity contribution in [2.24, 2.45) is 0 Å². The number of benzene rings is 1. The van der Waals surface area contributed by atoms with Gasteiger partial charge in [0.1, 0.15) is 11.5 Å². The highest BCUT2D eigenvalue weighted by molar-refractivity contribution is 5.90. The molecule has 0 unspecified atom stereocenters. The van der Waals surface area contributed by atoms with Crippen LogP contribution < -0.4 is 5.32 Å². The van der Waals surface area contributed by atoms with Crippen LogP contribution in [-0.4, -0.2) is 22.4 Å². The van der Waals surface area contributed by atoms with E-state index in [2.05, 4.69) is 10.3 Å². The van der Waals surface area contributed by atoms with Crippen LogP contribution >= 0.6 is 0 Å². The maximum absolute atomic E-state index is 12.3. The molecule has 0 bridgehead atoms. The Balaban J connectivity index is 1.69. The third-order valence-corrected chi connectivity index (χ3v) is 3.99. The minimum atomic E-state index is -0.499. The number of carbonyl (C=O) groups is 1. The number of rotatable bonds is 4. The average molecular weight is 327 g/mol. The lowest BCUT2D eigenvalue weighted by Crippen LogP contribution is -2.22. The summed E-state index contributed by atoms with van der Waals surface area (Å²) in [6, 6.07) is 10.7. The predicted octanol–water partition coefficient (Wildman–Crippen LogP) is 2.94. The van der Waals surface area contributed by atoms with Gasteiger partial charge >= 0.3 is 0 Å². The predicted molar refractivity (Wildman–Crippen MR) is 87.7 cm³/mol. The molecule has 7 nitrogen and oxygen atoms in total. The van der Waals surface area contributed by atoms with Gasteiger partial charge in [0.2, 0.25) is 5.91 Å². The maximum atomic E-state index is 12.3. The molecular weight excluding hydrogens is 310 g/mol. The van der Waals surface area contributed by atoms with Crippen molar-refractivity contribution in [3.63, 3.8) is 0 Å². The largest absolute Gasteiger partial charge is 0.373 e. The van der Waals surface area contributed by atoms with Gasteiger partial charge in [0, 0.05) is 6.07 Å². The number of fused-ring (bicyclic) bond motifs is 1. The first-order valence-corrected chi connectivity index (χ1v) is 7.66. The Bertz CT molecular complexity index is 791. The van der Waals surface area contributed by atoms with Crippen LogP contribution in [0.15, 0.2) is 36.4 Å². The monoisotopic (exact) mass is 327 g/mol. The van der Waals surface area contributed by atoms with E-state index in [1.807, 2.05) is 24.3 Å². The average Bonchev–Trinajstić information content (AvgIpc) is 2.55. The first kappa shape index (κ1) is 16.1. The number of aryl methyl sites for hydroxylation is 1. The van der Waals surface area contributed by atoms with E-state index in [0.29, 0.717) is 12.4 Å². The molecule has 1 N–H and O–H groups in total. The Morgan fingerprint density at radius 1 is 1.38 bits per heavy atom. The summed E-state index contributed by atoms with van der Waals surface area (Å²) in [5.41, 5.74) is 2.42. The van der Waals surface area contributed by atoms with Crippen LogP contribution in [0.1, 0.15) is 29.3 Å². The molecule has 3 rings (SSSR count). The summed E-state index contributed by atoms with van der Waals surface area (Å²) in [5.74, 6) is 0.0599. The summed E-state index contributed by atoms with van der Waals surface area (Å²) < 4.78 is 5.72. The second-order valence-electron chi connectivity index (χ2n) is 5.62. The van der Waals surface area contributed by atoms with E-state index < -0.39 is 4.92 Å². The zero-order valence-electron chi connectivity index (χ0n) is 13.2. The number of hydrogen-bond acceptors (Lipinski definition) is 5. The van der Waals surface area contributed by atoms with E-state index in [9.17, 15) is 14.9 Å². The minimum Gasteiger partial charge on any atom is -0.373 e. The molecule has 1 atom stereocenters. The van der Waals surface area contributed by atoms with Gasteiger partial charge in [0.25, 0.3) is 5.69 Å². The van der Waals surface area contributed by atoms with Gasteiger partial charge in [-0.05, 0) is 30.5 Å². The number of amides is 1. The third-order valence-electron chi connectivity index (χ3n) is 3.99. The molecule has 0 saturated carbocycles. The van der Waals surface area contributed by atoms with Crippen molar-refractivity contribution in [2.75, 3.05) is 11.9 Å². The van der Waals surface area contributed by atoms with Gasteiger partial charge in [-0.3, -0.25) is 14.9 Å². The Kier molecular flexibility index (Phi) is 4.52. The normalized spacial score (nSPS) is 16.3. The molecule has 0 spiro atoms. The number of nitro groups is 1. The van der Waals surface area contributed by atoms with Crippen LogP contribution in [0.2, 0.25) is 0 Å². The van der Waals surface area contributed by atoms with Crippen LogP contribution in [0.3, 0.4) is 0 Å². The molecule has 24 heavy (non-hydrogen) atoms. The minimum absolute atomic E-state index is 0.0717. The zero-order chi connectivity index (χ0) is 17.1. The van der Waals surface area contributed by atoms with Gasteiger partial charge in [-0.2, -0.15) is 0 Å². The highest BCUT2D eigenvalue weighted by Gasteiger charge is 2.23. The molecule has 124 valence electrons. The fourth-order valence-electron chi connectivity index (χ4n) is 2.82. The van der Waals surface area contributed by atoms with Gasteiger partial charge in [-0.1, -0.05) is 24.3 Å². The molecule has 1 aromatic heterocycles. The van der Waals surface area contributed by atoms with E-state index in [0.717, 1.165) is 12.0 Å². The third kappa shape index (κ3) is 3.41. The number of aromatic nitrogens is 1. The van der Waals surface area contributed by atoms with E-state index in [-0.39, 0.29) is 29.8 Å². The number of nitrogens with zero attached hydrogens (tertiary/aromatic N) is 2. The molecule has 0 aliphatic carbocycles. The quantitative estimate of drug-likeness (QED) is 0.688. The summed E-state index contributed by atoms with van der Waals surface area (Å²) in [4.78, 5) is 26.6. The topological polar surface area (TPSA) is 94.4 Å². The van der Waals surface area contributed by atoms with E-state index >= 15 is 0 Å². The van der Waals surface area contributed by atoms with Crippen LogP contribution in [0.25, 0.3) is 0 Å². The Morgan fingerprint density at radius 3 is 2.92 bits per heavy atom. The number of pyridine rings is 1. The molecule has 2 aromatic rings. The van der Waals surface area contributed by atoms with Crippen molar-refractivity contribution in [3.8, 4) is 0 Å². The number of hydrogen-bond donors (Lipinski definition) is 1. The number of nitrogens with one attached hydrogen (secondary N) is 1. The molecule has 1 aromatic carbocycles. The zero-order valence-corrected chi connectivity index (χ0v) is 13.2. The molecule has 0 fully saturated rings. The Labute approximate surface area is 138 Å². The molecule has 2 heterocycles. The summed E-state index contributed by atoms with van der Waals surface area (Å²) >= 11 is 0. The SMILES string of the molecule is Cc1nc(NC(=O)C[C@H]2OCCc3ccccc32)ccc1[N+](=O)[O-]. The molecule has 0 radical (unpaired) electrons. The lowest BCUT2D eigenvalue weighted by Gasteiger charge is -2.25. The second-order valence-corrected chi connectivity index (χ2v) is 5.62. The first-order chi connectivity index (χ1) is 11.5. The molecule has 1 amide bonds. The van der Waals surface area contributed by atoms with Crippen LogP contribution in [0, 0.1) is 17.0 Å². The van der Waals surface area contributed by atoms with E-state index in [1.54, 1.807) is 0 Å². The highest BCUT2D eigenvalue weighted by Crippen LogP contribution is 2.29. The molecule has 1 aliphatic rings. The Morgan fingerprint density at radius 2 is 2.17 bits per heavy atom. The van der Waals surface area contributed by atoms with Crippen molar-refractivity contribution in [1.82, 2.24) is 4.98 Å². The fraction of sp³-hybridized carbons (Fsp3) is 0.294. The van der Waals surface area contributed by atoms with Crippen LogP contribution in [-0.2, 0) is 16.0 Å². The van der Waals surface area contributed by atoms with Crippen molar-refractivity contribution in [2.45, 2.75) is 25.9 Å². The van der Waals surface area contributed by atoms with Crippen molar-refractivity contribution in [1.29, 1.82) is 0 Å². The molecule has 0 saturated heterocycles. The summed E-state index contributed by atoms with van der Waals surface area (Å²) in [7, 11) is 0. The standard InChI is InChI=1S/C17H17N3O4/c1-11-14(20(22)23)6-7-16(18-11)19-17(21)10-15-13-5-3-2-4-12(13)8-9-24-15/h2-7,15H,8-10H2,1H3,(H,18,19,21)/t15-/m1/s1. The van der Waals surface area contributed by atoms with Crippen LogP contribution in [0.5, 0.6) is 0 Å². The van der Waals surface area contributed by atoms with Gasteiger partial charge in [-0.15, -0.1) is 0 Å². The van der Waals surface area contributed by atoms with Gasteiger partial charge in [-0.25, -0.2) is 4.98 Å². The summed E-state index contributed by atoms with van der Waals surface area (Å²) in [6.45, 7) is 2.12. The molecule has 7 heteroatoms. The first-order valence-electron chi connectivity index (χ1n) is 7.66. The van der Waals surface area contributed by atoms with E-state index in [4.69, 9.17) is 4.74 Å². The van der Waals surface area contributed by atoms with Crippen molar-refractivity contribution < 1.29 is 14.5 Å². The lowest BCUT2D eigenvalue weighted by atomic mass is 9.95. The summed E-state index contributed by atoms with van der Waals surface area (Å²) in [6.07, 6.45) is 0.737. The number of ether oxygens (including phenoxy) is 1. The smallest absolute Gasteiger partial charge is 0.290 e. The van der Waals surface area contributed by atoms with Crippen molar-refractivity contribution in [3.05, 3.63) is 63.3 Å². The highest BCUT2D eigenvalue weighted by atomic mass is 16.6. The summed E-state index contributed by atoms with van der Waals surface area (Å²) in [5, 5.41) is 13.5. The second kappa shape index (κ2) is 6.76. The van der Waals surface area contributed by atoms with E-state index in [1.165, 1.54) is 24.6 Å². The lowest BCUT2D eigenvalue weighted by molar-refractivity contribution is -0.385. The van der Waals surface area contributed by atoms with Gasteiger partial charge in [0.15, 0.2) is 0 Å². The maximum Gasteiger partial charge on any atom is 0.290 e. The number of anilines is 1. The molecule has 1 aliphatic heterocycles. The number of carbonyl (C=O) groups excluding carboxylic acids is 1. The van der Waals surface area contributed by atoms with Gasteiger partial charge in [0.05, 0.1) is 24.1 Å². The van der Waals surface area contributed by atoms with Crippen LogP contribution in [0.4, 0.5) is 11.5 Å².